The molecule has 0 aromatic carbocycles. The summed E-state index contributed by atoms with van der Waals surface area (Å²) in [5, 5.41) is 9.21. The van der Waals surface area contributed by atoms with Gasteiger partial charge in [0.05, 0.1) is 5.92 Å². The Morgan fingerprint density at radius 2 is 1.83 bits per heavy atom. The smallest absolute Gasteiger partial charge is 0.225 e. The second-order valence-electron chi connectivity index (χ2n) is 8.49. The van der Waals surface area contributed by atoms with Crippen molar-refractivity contribution in [1.82, 2.24) is 0 Å². The van der Waals surface area contributed by atoms with E-state index in [0.717, 1.165) is 24.8 Å². The fourth-order valence-corrected chi connectivity index (χ4v) is 5.61. The van der Waals surface area contributed by atoms with Crippen molar-refractivity contribution in [2.75, 3.05) is 6.61 Å². The number of carbonyl (C=O) groups is 3. The van der Waals surface area contributed by atoms with Crippen LogP contribution in [0.5, 0.6) is 0 Å². The minimum absolute atomic E-state index is 0.0818. The van der Waals surface area contributed by atoms with Gasteiger partial charge < -0.3 is 5.11 Å². The lowest BCUT2D eigenvalue weighted by atomic mass is 9.46. The van der Waals surface area contributed by atoms with Crippen LogP contribution in [0, 0.1) is 22.7 Å². The average Bonchev–Trinajstić information content (AvgIpc) is 2.47. The quantitative estimate of drug-likeness (QED) is 0.790. The maximum absolute atomic E-state index is 13.0. The first-order chi connectivity index (χ1) is 11.1. The molecular weight excluding hydrogens is 304 g/mol. The first-order valence-electron chi connectivity index (χ1n) is 8.80. The number of aliphatic hydroxyl groups excluding tert-OH is 1. The molecule has 0 aromatic rings. The number of hydrogen-bond acceptors (Lipinski definition) is 4. The van der Waals surface area contributed by atoms with Crippen molar-refractivity contribution in [3.63, 3.8) is 0 Å². The van der Waals surface area contributed by atoms with Gasteiger partial charge in [-0.25, -0.2) is 0 Å². The van der Waals surface area contributed by atoms with Crippen LogP contribution in [0.25, 0.3) is 0 Å². The maximum Gasteiger partial charge on any atom is 0.225 e. The van der Waals surface area contributed by atoms with Gasteiger partial charge in [0, 0.05) is 18.1 Å². The van der Waals surface area contributed by atoms with Gasteiger partial charge in [0.1, 0.15) is 0 Å². The van der Waals surface area contributed by atoms with Crippen molar-refractivity contribution < 1.29 is 19.5 Å². The Balaban J connectivity index is 2.22. The van der Waals surface area contributed by atoms with Gasteiger partial charge >= 0.3 is 0 Å². The van der Waals surface area contributed by atoms with Gasteiger partial charge in [-0.2, -0.15) is 0 Å². The van der Waals surface area contributed by atoms with Gasteiger partial charge in [-0.1, -0.05) is 27.2 Å². The summed E-state index contributed by atoms with van der Waals surface area (Å²) in [6.45, 7) is 7.84. The largest absolute Gasteiger partial charge is 0.396 e. The molecule has 0 amide bonds. The number of Topliss-reactive ketones (excluding diaryl/α,β-unsaturated/α-hetero) is 2. The zero-order chi connectivity index (χ0) is 17.9. The summed E-state index contributed by atoms with van der Waals surface area (Å²) < 4.78 is 0. The van der Waals surface area contributed by atoms with Crippen molar-refractivity contribution in [2.45, 2.75) is 53.4 Å². The van der Waals surface area contributed by atoms with Crippen molar-refractivity contribution >= 4 is 17.3 Å². The number of hydrogen-bond donors (Lipinski definition) is 1. The minimum Gasteiger partial charge on any atom is -0.396 e. The first kappa shape index (κ1) is 17.3. The third kappa shape index (κ3) is 2.19. The highest BCUT2D eigenvalue weighted by Gasteiger charge is 2.60. The average molecular weight is 330 g/mol. The number of allylic oxidation sites excluding steroid dienone is 3. The molecule has 4 heteroatoms. The number of aliphatic hydroxyl groups is 1. The molecule has 1 saturated carbocycles. The van der Waals surface area contributed by atoms with Gasteiger partial charge in [-0.3, -0.25) is 14.4 Å². The molecule has 0 heterocycles. The fourth-order valence-electron chi connectivity index (χ4n) is 5.61. The van der Waals surface area contributed by atoms with Crippen LogP contribution in [0.15, 0.2) is 22.8 Å². The van der Waals surface area contributed by atoms with E-state index in [-0.39, 0.29) is 30.1 Å². The molecule has 0 aromatic heterocycles. The van der Waals surface area contributed by atoms with E-state index < -0.39 is 22.9 Å². The second kappa shape index (κ2) is 5.48. The van der Waals surface area contributed by atoms with E-state index in [9.17, 15) is 19.5 Å². The lowest BCUT2D eigenvalue weighted by Crippen LogP contribution is -2.56. The molecule has 24 heavy (non-hydrogen) atoms. The standard InChI is InChI=1S/C20H26O4/c1-11-12(6-9-21)16(23)17(24)15-13(11)10-14(22)18-19(2,3)7-5-8-20(15,18)4/h10,15,18,21H,5-9H2,1-4H3/t15?,18-,20+/m1/s1. The van der Waals surface area contributed by atoms with Crippen LogP contribution in [0.2, 0.25) is 0 Å². The molecule has 0 spiro atoms. The normalized spacial score (nSPS) is 35.5. The van der Waals surface area contributed by atoms with Gasteiger partial charge in [0.2, 0.25) is 11.6 Å². The molecule has 3 atom stereocenters. The lowest BCUT2D eigenvalue weighted by Gasteiger charge is -2.55. The summed E-state index contributed by atoms with van der Waals surface area (Å²) >= 11 is 0. The number of fused-ring (bicyclic) bond motifs is 3. The Morgan fingerprint density at radius 1 is 1.17 bits per heavy atom. The SMILES string of the molecule is CC1=C(CCO)C(=O)C(=O)C2C1=CC(=O)[C@@H]1C(C)(C)CCC[C@@]21C. The minimum atomic E-state index is -0.519. The van der Waals surface area contributed by atoms with Gasteiger partial charge in [0.25, 0.3) is 0 Å². The zero-order valence-electron chi connectivity index (χ0n) is 14.9. The monoisotopic (exact) mass is 330 g/mol. The third-order valence-corrected chi connectivity index (χ3v) is 6.54. The molecular formula is C20H26O4. The van der Waals surface area contributed by atoms with Gasteiger partial charge in [-0.05, 0) is 54.2 Å². The summed E-state index contributed by atoms with van der Waals surface area (Å²) in [6.07, 6.45) is 4.49. The van der Waals surface area contributed by atoms with E-state index in [2.05, 4.69) is 13.8 Å². The van der Waals surface area contributed by atoms with Gasteiger partial charge in [-0.15, -0.1) is 0 Å². The zero-order valence-corrected chi connectivity index (χ0v) is 14.9. The summed E-state index contributed by atoms with van der Waals surface area (Å²) in [5.41, 5.74) is 1.13. The third-order valence-electron chi connectivity index (χ3n) is 6.54. The molecule has 0 bridgehead atoms. The molecule has 3 aliphatic carbocycles. The van der Waals surface area contributed by atoms with E-state index in [4.69, 9.17) is 0 Å². The Kier molecular flexibility index (Phi) is 3.95. The van der Waals surface area contributed by atoms with Crippen LogP contribution in [0.1, 0.15) is 53.4 Å². The van der Waals surface area contributed by atoms with E-state index in [0.29, 0.717) is 11.1 Å². The van der Waals surface area contributed by atoms with E-state index >= 15 is 0 Å². The molecule has 1 N–H and O–H groups in total. The topological polar surface area (TPSA) is 71.4 Å². The van der Waals surface area contributed by atoms with Gasteiger partial charge in [0.15, 0.2) is 5.78 Å². The predicted molar refractivity (Wildman–Crippen MR) is 90.2 cm³/mol. The molecule has 0 saturated heterocycles. The molecule has 1 unspecified atom stereocenters. The number of rotatable bonds is 2. The fraction of sp³-hybridized carbons (Fsp3) is 0.650. The second-order valence-corrected chi connectivity index (χ2v) is 8.49. The number of ketones is 3. The van der Waals surface area contributed by atoms with Crippen LogP contribution in [-0.2, 0) is 14.4 Å². The Hall–Kier alpha value is -1.55. The highest BCUT2D eigenvalue weighted by atomic mass is 16.3. The lowest BCUT2D eigenvalue weighted by molar-refractivity contribution is -0.148. The maximum atomic E-state index is 13.0. The molecule has 0 radical (unpaired) electrons. The Bertz CT molecular complexity index is 694. The molecule has 3 aliphatic rings. The summed E-state index contributed by atoms with van der Waals surface area (Å²) in [7, 11) is 0. The Labute approximate surface area is 143 Å². The molecule has 1 fully saturated rings. The van der Waals surface area contributed by atoms with Crippen molar-refractivity contribution in [3.8, 4) is 0 Å². The first-order valence-corrected chi connectivity index (χ1v) is 8.80. The summed E-state index contributed by atoms with van der Waals surface area (Å²) in [6, 6.07) is 0. The highest BCUT2D eigenvalue weighted by Crippen LogP contribution is 2.60. The molecule has 130 valence electrons. The molecule has 4 nitrogen and oxygen atoms in total. The van der Waals surface area contributed by atoms with Crippen LogP contribution in [-0.4, -0.2) is 29.1 Å². The summed E-state index contributed by atoms with van der Waals surface area (Å²) in [5.74, 6) is -1.53. The molecule has 0 aliphatic heterocycles. The number of carbonyl (C=O) groups excluding carboxylic acids is 3. The molecule has 3 rings (SSSR count). The van der Waals surface area contributed by atoms with Crippen LogP contribution in [0.3, 0.4) is 0 Å². The summed E-state index contributed by atoms with van der Waals surface area (Å²) in [4.78, 5) is 38.5. The van der Waals surface area contributed by atoms with Crippen molar-refractivity contribution in [3.05, 3.63) is 22.8 Å². The van der Waals surface area contributed by atoms with E-state index in [1.54, 1.807) is 13.0 Å². The van der Waals surface area contributed by atoms with Crippen LogP contribution >= 0.6 is 0 Å². The van der Waals surface area contributed by atoms with Crippen LogP contribution in [0.4, 0.5) is 0 Å². The highest BCUT2D eigenvalue weighted by molar-refractivity contribution is 6.46. The van der Waals surface area contributed by atoms with Crippen molar-refractivity contribution in [1.29, 1.82) is 0 Å². The van der Waals surface area contributed by atoms with E-state index in [1.807, 2.05) is 6.92 Å². The van der Waals surface area contributed by atoms with Crippen molar-refractivity contribution in [2.24, 2.45) is 22.7 Å². The van der Waals surface area contributed by atoms with E-state index in [1.165, 1.54) is 0 Å². The Morgan fingerprint density at radius 3 is 2.46 bits per heavy atom. The predicted octanol–water partition coefficient (Wildman–Crippen LogP) is 2.80. The van der Waals surface area contributed by atoms with Crippen LogP contribution < -0.4 is 0 Å².